The first kappa shape index (κ1) is 73.2. The molecule has 11 nitrogen and oxygen atoms in total. The summed E-state index contributed by atoms with van der Waals surface area (Å²) in [5.74, 6) is -1.47. The lowest BCUT2D eigenvalue weighted by molar-refractivity contribution is -0.161. The van der Waals surface area contributed by atoms with Gasteiger partial charge in [-0.3, -0.25) is 23.4 Å². The number of carbonyl (C=O) groups excluding carboxylic acids is 3. The molecule has 0 rings (SSSR count). The molecule has 12 heteroatoms. The Morgan fingerprint density at radius 2 is 0.645 bits per heavy atom. The van der Waals surface area contributed by atoms with Gasteiger partial charge in [0.25, 0.3) is 0 Å². The summed E-state index contributed by atoms with van der Waals surface area (Å²) in [7, 11) is -4.75. The van der Waals surface area contributed by atoms with Crippen molar-refractivity contribution in [2.45, 2.75) is 303 Å². The maximum absolute atomic E-state index is 12.9. The Hall–Kier alpha value is -2.82. The number of ether oxygens (including phenoxy) is 3. The van der Waals surface area contributed by atoms with E-state index in [1.807, 2.05) is 0 Å². The number of esters is 3. The molecule has 0 bridgehead atoms. The number of aliphatic hydroxyl groups excluding tert-OH is 1. The first-order valence-electron chi connectivity index (χ1n) is 31.2. The van der Waals surface area contributed by atoms with Gasteiger partial charge in [-0.1, -0.05) is 242 Å². The maximum Gasteiger partial charge on any atom is 0.472 e. The van der Waals surface area contributed by atoms with Crippen LogP contribution in [0.1, 0.15) is 290 Å². The van der Waals surface area contributed by atoms with Gasteiger partial charge in [0, 0.05) is 19.3 Å². The van der Waals surface area contributed by atoms with Crippen LogP contribution in [0.25, 0.3) is 0 Å². The van der Waals surface area contributed by atoms with E-state index in [2.05, 4.69) is 81.5 Å². The smallest absolute Gasteiger partial charge is 0.462 e. The molecule has 3 atom stereocenters. The van der Waals surface area contributed by atoms with E-state index >= 15 is 0 Å². The van der Waals surface area contributed by atoms with Crippen LogP contribution in [0.3, 0.4) is 0 Å². The molecule has 0 fully saturated rings. The molecule has 0 saturated carbocycles. The fraction of sp³-hybridized carbons (Fsp3) is 0.797. The highest BCUT2D eigenvalue weighted by Crippen LogP contribution is 2.43. The Bertz CT molecular complexity index is 1510. The maximum atomic E-state index is 12.9. The fourth-order valence-electron chi connectivity index (χ4n) is 8.63. The Labute approximate surface area is 465 Å². The molecule has 0 saturated heterocycles. The molecular weight excluding hydrogens is 976 g/mol. The normalized spacial score (nSPS) is 13.7. The molecule has 0 spiro atoms. The Kier molecular flexibility index (Phi) is 56.2. The Morgan fingerprint density at radius 3 is 1.01 bits per heavy atom. The number of hydrogen-bond donors (Lipinski definition) is 2. The van der Waals surface area contributed by atoms with Crippen molar-refractivity contribution in [3.8, 4) is 0 Å². The van der Waals surface area contributed by atoms with Crippen molar-refractivity contribution in [3.05, 3.63) is 60.8 Å². The molecule has 0 aliphatic heterocycles. The molecule has 0 aromatic carbocycles. The van der Waals surface area contributed by atoms with Crippen molar-refractivity contribution in [2.24, 2.45) is 0 Å². The van der Waals surface area contributed by atoms with Crippen LogP contribution in [0.4, 0.5) is 0 Å². The zero-order valence-corrected chi connectivity index (χ0v) is 49.9. The Balaban J connectivity index is 4.70. The summed E-state index contributed by atoms with van der Waals surface area (Å²) in [5.41, 5.74) is 0. The molecule has 0 aliphatic carbocycles. The molecule has 442 valence electrons. The zero-order chi connectivity index (χ0) is 55.5. The standard InChI is InChI=1S/C64H115O11P/c1-4-7-10-13-16-19-22-25-27-29-30-32-34-37-40-43-46-49-52-55-64(68)75-61(57-71-62(66)53-50-47-44-41-38-35-24-21-18-15-12-9-6-3)59-73-76(69,70)72-58-60(56-65)74-63(67)54-51-48-45-42-39-36-33-31-28-26-23-20-17-14-11-8-5-2/h16-17,19-20,25-28,30,32,60-61,65H,4-15,18,21-24,29,31,33-59H2,1-3H3,(H,69,70)/b19-16-,20-17-,27-25-,28-26-,32-30-. The zero-order valence-electron chi connectivity index (χ0n) is 49.0. The number of phosphoric ester groups is 1. The van der Waals surface area contributed by atoms with Gasteiger partial charge in [-0.25, -0.2) is 4.57 Å². The van der Waals surface area contributed by atoms with Gasteiger partial charge in [-0.15, -0.1) is 0 Å². The minimum absolute atomic E-state index is 0.154. The highest BCUT2D eigenvalue weighted by atomic mass is 31.2. The van der Waals surface area contributed by atoms with Crippen molar-refractivity contribution in [3.63, 3.8) is 0 Å². The van der Waals surface area contributed by atoms with Gasteiger partial charge in [0.05, 0.1) is 19.8 Å². The molecule has 76 heavy (non-hydrogen) atoms. The first-order chi connectivity index (χ1) is 37.2. The lowest BCUT2D eigenvalue weighted by Gasteiger charge is -2.21. The number of unbranched alkanes of at least 4 members (excludes halogenated alkanes) is 31. The molecular formula is C64H115O11P. The summed E-state index contributed by atoms with van der Waals surface area (Å²) in [4.78, 5) is 48.7. The van der Waals surface area contributed by atoms with Crippen molar-refractivity contribution >= 4 is 25.7 Å². The van der Waals surface area contributed by atoms with Gasteiger partial charge < -0.3 is 24.2 Å². The summed E-state index contributed by atoms with van der Waals surface area (Å²) < 4.78 is 39.6. The lowest BCUT2D eigenvalue weighted by Crippen LogP contribution is -2.30. The van der Waals surface area contributed by atoms with E-state index in [1.165, 1.54) is 122 Å². The minimum Gasteiger partial charge on any atom is -0.462 e. The van der Waals surface area contributed by atoms with Crippen LogP contribution in [-0.2, 0) is 42.2 Å². The predicted octanol–water partition coefficient (Wildman–Crippen LogP) is 18.7. The molecule has 0 aromatic rings. The van der Waals surface area contributed by atoms with Crippen molar-refractivity contribution in [1.29, 1.82) is 0 Å². The topological polar surface area (TPSA) is 155 Å². The van der Waals surface area contributed by atoms with Crippen LogP contribution in [0, 0.1) is 0 Å². The van der Waals surface area contributed by atoms with Gasteiger partial charge in [-0.2, -0.15) is 0 Å². The van der Waals surface area contributed by atoms with E-state index in [1.54, 1.807) is 0 Å². The molecule has 0 heterocycles. The highest BCUT2D eigenvalue weighted by Gasteiger charge is 2.28. The summed E-state index contributed by atoms with van der Waals surface area (Å²) in [6, 6.07) is 0. The second-order valence-electron chi connectivity index (χ2n) is 20.9. The third kappa shape index (κ3) is 55.9. The number of carbonyl (C=O) groups is 3. The van der Waals surface area contributed by atoms with Crippen LogP contribution >= 0.6 is 7.82 Å². The van der Waals surface area contributed by atoms with E-state index in [0.717, 1.165) is 109 Å². The average molecular weight is 1090 g/mol. The molecule has 0 aromatic heterocycles. The first-order valence-corrected chi connectivity index (χ1v) is 32.7. The quantitative estimate of drug-likeness (QED) is 0.0197. The second-order valence-corrected chi connectivity index (χ2v) is 22.3. The third-order valence-corrected chi connectivity index (χ3v) is 14.4. The van der Waals surface area contributed by atoms with E-state index in [4.69, 9.17) is 23.3 Å². The highest BCUT2D eigenvalue weighted by molar-refractivity contribution is 7.47. The van der Waals surface area contributed by atoms with E-state index < -0.39 is 57.8 Å². The van der Waals surface area contributed by atoms with E-state index in [0.29, 0.717) is 19.3 Å². The SMILES string of the molecule is CCCCC/C=C\C/C=C\C/C=C\CCCCCCCCC(=O)OC(COC(=O)CCCCCCCCCCCCCCC)COP(=O)(O)OCC(CO)OC(=O)CCCCCCCCC/C=C\C/C=C\CCCCC. The largest absolute Gasteiger partial charge is 0.472 e. The summed E-state index contributed by atoms with van der Waals surface area (Å²) >= 11 is 0. The average Bonchev–Trinajstić information content (AvgIpc) is 3.41. The summed E-state index contributed by atoms with van der Waals surface area (Å²) in [6.45, 7) is 4.61. The van der Waals surface area contributed by atoms with Crippen LogP contribution < -0.4 is 0 Å². The monoisotopic (exact) mass is 1090 g/mol. The van der Waals surface area contributed by atoms with Crippen LogP contribution in [0.2, 0.25) is 0 Å². The minimum atomic E-state index is -4.75. The fourth-order valence-corrected chi connectivity index (χ4v) is 9.41. The number of rotatable bonds is 58. The van der Waals surface area contributed by atoms with Gasteiger partial charge in [0.2, 0.25) is 0 Å². The van der Waals surface area contributed by atoms with Crippen LogP contribution in [0.15, 0.2) is 60.8 Å². The van der Waals surface area contributed by atoms with Crippen molar-refractivity contribution in [2.75, 3.05) is 26.4 Å². The summed E-state index contributed by atoms with van der Waals surface area (Å²) in [6.07, 6.45) is 64.5. The number of hydrogen-bond acceptors (Lipinski definition) is 10. The molecule has 3 unspecified atom stereocenters. The van der Waals surface area contributed by atoms with E-state index in [-0.39, 0.29) is 25.9 Å². The Morgan fingerprint density at radius 1 is 0.368 bits per heavy atom. The lowest BCUT2D eigenvalue weighted by atomic mass is 10.0. The van der Waals surface area contributed by atoms with Crippen LogP contribution in [-0.4, -0.2) is 66.5 Å². The number of allylic oxidation sites excluding steroid dienone is 10. The molecule has 0 radical (unpaired) electrons. The molecule has 0 aliphatic rings. The van der Waals surface area contributed by atoms with Gasteiger partial charge in [-0.05, 0) is 89.9 Å². The number of phosphoric acid groups is 1. The number of aliphatic hydroxyl groups is 1. The van der Waals surface area contributed by atoms with E-state index in [9.17, 15) is 28.9 Å². The predicted molar refractivity (Wildman–Crippen MR) is 316 cm³/mol. The van der Waals surface area contributed by atoms with Gasteiger partial charge in [0.1, 0.15) is 12.7 Å². The van der Waals surface area contributed by atoms with Gasteiger partial charge >= 0.3 is 25.7 Å². The molecule has 0 amide bonds. The molecule has 2 N–H and O–H groups in total. The van der Waals surface area contributed by atoms with Crippen molar-refractivity contribution < 1.29 is 52.2 Å². The van der Waals surface area contributed by atoms with Gasteiger partial charge in [0.15, 0.2) is 6.10 Å². The second kappa shape index (κ2) is 58.3. The third-order valence-electron chi connectivity index (χ3n) is 13.4. The summed E-state index contributed by atoms with van der Waals surface area (Å²) in [5, 5.41) is 9.84. The van der Waals surface area contributed by atoms with Crippen molar-refractivity contribution in [1.82, 2.24) is 0 Å². The van der Waals surface area contributed by atoms with Crippen LogP contribution in [0.5, 0.6) is 0 Å².